The van der Waals surface area contributed by atoms with Gasteiger partial charge in [0, 0.05) is 5.92 Å². The fraction of sp³-hybridized carbons (Fsp3) is 0.526. The first-order valence-electron chi connectivity index (χ1n) is 8.50. The van der Waals surface area contributed by atoms with E-state index in [0.717, 1.165) is 5.56 Å². The molecule has 1 aromatic carbocycles. The van der Waals surface area contributed by atoms with Crippen molar-refractivity contribution < 1.29 is 19.1 Å². The number of Topliss-reactive ketones (excluding diaryl/α,β-unsaturated/α-hetero) is 1. The number of carboxylic acids is 1. The van der Waals surface area contributed by atoms with E-state index in [0.29, 0.717) is 19.3 Å². The molecule has 0 radical (unpaired) electrons. The highest BCUT2D eigenvalue weighted by Crippen LogP contribution is 2.77. The predicted molar refractivity (Wildman–Crippen MR) is 87.7 cm³/mol. The maximum absolute atomic E-state index is 13.1. The molecule has 25 heavy (non-hydrogen) atoms. The Morgan fingerprint density at radius 3 is 2.52 bits per heavy atom. The van der Waals surface area contributed by atoms with E-state index in [1.165, 1.54) is 12.1 Å². The molecule has 2 saturated carbocycles. The second-order valence-corrected chi connectivity index (χ2v) is 7.15. The Kier molecular flexibility index (Phi) is 4.16. The van der Waals surface area contributed by atoms with Crippen LogP contribution < -0.4 is 5.73 Å². The molecule has 5 atom stereocenters. The quantitative estimate of drug-likeness (QED) is 0.823. The molecule has 0 heterocycles. The van der Waals surface area contributed by atoms with Gasteiger partial charge in [-0.3, -0.25) is 9.59 Å². The number of ketones is 1. The summed E-state index contributed by atoms with van der Waals surface area (Å²) in [6.45, 7) is 1.51. The van der Waals surface area contributed by atoms with Crippen molar-refractivity contribution in [3.63, 3.8) is 0 Å². The molecule has 0 amide bonds. The number of halogens is 1. The number of hydrogen-bond acceptors (Lipinski definition) is 4. The summed E-state index contributed by atoms with van der Waals surface area (Å²) in [5.74, 6) is -2.64. The lowest BCUT2D eigenvalue weighted by molar-refractivity contribution is -0.146. The molecule has 5 nitrogen and oxygen atoms in total. The largest absolute Gasteiger partial charge is 0.481 e. The summed E-state index contributed by atoms with van der Waals surface area (Å²) in [5.41, 5.74) is 4.03. The number of benzene rings is 1. The minimum absolute atomic E-state index is 0.185. The number of nitrogens with zero attached hydrogens (tertiary/aromatic N) is 1. The van der Waals surface area contributed by atoms with Crippen LogP contribution in [-0.2, 0) is 16.0 Å². The predicted octanol–water partition coefficient (Wildman–Crippen LogP) is 2.15. The van der Waals surface area contributed by atoms with Gasteiger partial charge in [-0.15, -0.1) is 0 Å². The van der Waals surface area contributed by atoms with Crippen LogP contribution in [0.1, 0.15) is 25.3 Å². The van der Waals surface area contributed by atoms with Crippen LogP contribution >= 0.6 is 0 Å². The standard InChI is InChI=1S/C19H21FN2O3/c1-2-18(17(24)25)14-8-12(7-11-3-5-13(20)6-4-11)19(10-22,16(14)18)15(23)9-21/h3-6,12,14,16H,2,7-9,21H2,1H3,(H,24,25). The van der Waals surface area contributed by atoms with Crippen molar-refractivity contribution in [3.8, 4) is 6.07 Å². The molecule has 0 aromatic heterocycles. The molecule has 132 valence electrons. The smallest absolute Gasteiger partial charge is 0.310 e. The van der Waals surface area contributed by atoms with E-state index < -0.39 is 22.7 Å². The maximum Gasteiger partial charge on any atom is 0.310 e. The summed E-state index contributed by atoms with van der Waals surface area (Å²) >= 11 is 0. The van der Waals surface area contributed by atoms with Crippen molar-refractivity contribution >= 4 is 11.8 Å². The minimum Gasteiger partial charge on any atom is -0.481 e. The van der Waals surface area contributed by atoms with Crippen LogP contribution in [0.4, 0.5) is 4.39 Å². The van der Waals surface area contributed by atoms with Gasteiger partial charge in [0.1, 0.15) is 11.2 Å². The van der Waals surface area contributed by atoms with Gasteiger partial charge >= 0.3 is 5.97 Å². The van der Waals surface area contributed by atoms with Crippen LogP contribution in [0.2, 0.25) is 0 Å². The van der Waals surface area contributed by atoms with Crippen LogP contribution in [-0.4, -0.2) is 23.4 Å². The molecule has 0 aliphatic heterocycles. The number of carbonyl (C=O) groups is 2. The first kappa shape index (κ1) is 17.6. The Morgan fingerprint density at radius 2 is 2.04 bits per heavy atom. The maximum atomic E-state index is 13.1. The zero-order valence-electron chi connectivity index (χ0n) is 14.0. The van der Waals surface area contributed by atoms with Crippen molar-refractivity contribution in [2.24, 2.45) is 34.3 Å². The van der Waals surface area contributed by atoms with Gasteiger partial charge in [-0.05, 0) is 48.8 Å². The average Bonchev–Trinajstić information content (AvgIpc) is 3.14. The minimum atomic E-state index is -1.37. The van der Waals surface area contributed by atoms with Crippen molar-refractivity contribution in [3.05, 3.63) is 35.6 Å². The Balaban J connectivity index is 1.98. The van der Waals surface area contributed by atoms with E-state index in [2.05, 4.69) is 6.07 Å². The summed E-state index contributed by atoms with van der Waals surface area (Å²) in [6.07, 6.45) is 1.33. The lowest BCUT2D eigenvalue weighted by Gasteiger charge is -2.33. The molecule has 5 unspecified atom stereocenters. The van der Waals surface area contributed by atoms with Crippen molar-refractivity contribution in [1.82, 2.24) is 0 Å². The van der Waals surface area contributed by atoms with Gasteiger partial charge in [-0.25, -0.2) is 4.39 Å². The van der Waals surface area contributed by atoms with Crippen molar-refractivity contribution in [2.45, 2.75) is 26.2 Å². The summed E-state index contributed by atoms with van der Waals surface area (Å²) in [6, 6.07) is 8.14. The summed E-state index contributed by atoms with van der Waals surface area (Å²) in [5, 5.41) is 19.6. The molecule has 1 aromatic rings. The molecular weight excluding hydrogens is 323 g/mol. The first-order valence-corrected chi connectivity index (χ1v) is 8.50. The summed E-state index contributed by atoms with van der Waals surface area (Å²) in [7, 11) is 0. The highest BCUT2D eigenvalue weighted by atomic mass is 19.1. The lowest BCUT2D eigenvalue weighted by atomic mass is 9.65. The number of nitriles is 1. The highest BCUT2D eigenvalue weighted by molar-refractivity contribution is 5.94. The topological polar surface area (TPSA) is 104 Å². The Labute approximate surface area is 145 Å². The molecule has 0 saturated heterocycles. The van der Waals surface area contributed by atoms with E-state index in [1.54, 1.807) is 19.1 Å². The van der Waals surface area contributed by atoms with Gasteiger partial charge in [0.15, 0.2) is 5.78 Å². The number of aliphatic carboxylic acids is 1. The number of carbonyl (C=O) groups excluding carboxylic acids is 1. The van der Waals surface area contributed by atoms with E-state index in [9.17, 15) is 24.3 Å². The van der Waals surface area contributed by atoms with Gasteiger partial charge < -0.3 is 10.8 Å². The van der Waals surface area contributed by atoms with E-state index >= 15 is 0 Å². The number of hydrogen-bond donors (Lipinski definition) is 2. The molecule has 2 aliphatic carbocycles. The third kappa shape index (κ3) is 2.22. The molecule has 0 spiro atoms. The number of carboxylic acid groups (broad SMARTS) is 1. The molecule has 3 N–H and O–H groups in total. The molecule has 2 aliphatic rings. The summed E-state index contributed by atoms with van der Waals surface area (Å²) < 4.78 is 13.1. The Bertz CT molecular complexity index is 757. The highest BCUT2D eigenvalue weighted by Gasteiger charge is 2.82. The van der Waals surface area contributed by atoms with Crippen LogP contribution in [0, 0.1) is 45.7 Å². The third-order valence-corrected chi connectivity index (χ3v) is 6.39. The van der Waals surface area contributed by atoms with Gasteiger partial charge in [0.2, 0.25) is 0 Å². The van der Waals surface area contributed by atoms with E-state index in [1.807, 2.05) is 0 Å². The second-order valence-electron chi connectivity index (χ2n) is 7.15. The van der Waals surface area contributed by atoms with Crippen LogP contribution in [0.5, 0.6) is 0 Å². The van der Waals surface area contributed by atoms with E-state index in [4.69, 9.17) is 5.73 Å². The fourth-order valence-electron chi connectivity index (χ4n) is 5.20. The second kappa shape index (κ2) is 5.92. The number of nitrogens with two attached hydrogens (primary N) is 1. The van der Waals surface area contributed by atoms with Crippen LogP contribution in [0.3, 0.4) is 0 Å². The number of rotatable bonds is 6. The van der Waals surface area contributed by atoms with Gasteiger partial charge in [0.25, 0.3) is 0 Å². The molecule has 3 rings (SSSR count). The van der Waals surface area contributed by atoms with Crippen LogP contribution in [0.25, 0.3) is 0 Å². The van der Waals surface area contributed by atoms with Crippen LogP contribution in [0.15, 0.2) is 24.3 Å². The van der Waals surface area contributed by atoms with Gasteiger partial charge in [-0.1, -0.05) is 19.1 Å². The van der Waals surface area contributed by atoms with Gasteiger partial charge in [-0.2, -0.15) is 5.26 Å². The summed E-state index contributed by atoms with van der Waals surface area (Å²) in [4.78, 5) is 24.5. The monoisotopic (exact) mass is 344 g/mol. The third-order valence-electron chi connectivity index (χ3n) is 6.39. The lowest BCUT2D eigenvalue weighted by Crippen LogP contribution is -2.45. The Morgan fingerprint density at radius 1 is 1.40 bits per heavy atom. The average molecular weight is 344 g/mol. The van der Waals surface area contributed by atoms with E-state index in [-0.39, 0.29) is 30.0 Å². The molecule has 0 bridgehead atoms. The number of fused-ring (bicyclic) bond motifs is 1. The van der Waals surface area contributed by atoms with Crippen molar-refractivity contribution in [1.29, 1.82) is 5.26 Å². The van der Waals surface area contributed by atoms with Gasteiger partial charge in [0.05, 0.1) is 18.0 Å². The first-order chi connectivity index (χ1) is 11.9. The zero-order valence-corrected chi connectivity index (χ0v) is 14.0. The normalized spacial score (nSPS) is 35.7. The van der Waals surface area contributed by atoms with Crippen molar-refractivity contribution in [2.75, 3.05) is 6.54 Å². The Hall–Kier alpha value is -2.26. The zero-order chi connectivity index (χ0) is 18.4. The molecule has 6 heteroatoms. The molecule has 2 fully saturated rings. The SMILES string of the molecule is CCC1(C(=O)O)C2CC(Cc3ccc(F)cc3)C(C#N)(C(=O)CN)C21. The fourth-order valence-corrected chi connectivity index (χ4v) is 5.20. The molecular formula is C19H21FN2O3.